The van der Waals surface area contributed by atoms with Crippen LogP contribution in [0.3, 0.4) is 0 Å². The van der Waals surface area contributed by atoms with Crippen LogP contribution in [-0.2, 0) is 18.6 Å². The van der Waals surface area contributed by atoms with Gasteiger partial charge in [-0.05, 0) is 76.1 Å². The van der Waals surface area contributed by atoms with Crippen LogP contribution in [0, 0.1) is 0 Å². The molecular formula is C26H32N6O2. The van der Waals surface area contributed by atoms with Gasteiger partial charge in [-0.25, -0.2) is 9.97 Å². The van der Waals surface area contributed by atoms with E-state index in [9.17, 15) is 9.90 Å². The predicted octanol–water partition coefficient (Wildman–Crippen LogP) is 3.98. The molecular weight excluding hydrogens is 428 g/mol. The van der Waals surface area contributed by atoms with Crippen LogP contribution in [-0.4, -0.2) is 33.6 Å². The van der Waals surface area contributed by atoms with Crippen molar-refractivity contribution in [3.05, 3.63) is 71.0 Å². The van der Waals surface area contributed by atoms with Crippen molar-refractivity contribution < 1.29 is 9.90 Å². The Morgan fingerprint density at radius 2 is 1.91 bits per heavy atom. The first-order valence-electron chi connectivity index (χ1n) is 11.6. The summed E-state index contributed by atoms with van der Waals surface area (Å²) in [6.07, 6.45) is 2.58. The fraction of sp³-hybridized carbons (Fsp3) is 0.346. The molecule has 0 radical (unpaired) electrons. The van der Waals surface area contributed by atoms with Crippen LogP contribution in [0.4, 0.5) is 23.0 Å². The molecule has 1 aromatic carbocycles. The number of benzene rings is 1. The highest BCUT2D eigenvalue weighted by Gasteiger charge is 2.19. The van der Waals surface area contributed by atoms with E-state index in [0.29, 0.717) is 28.6 Å². The van der Waals surface area contributed by atoms with Crippen LogP contribution in [0.1, 0.15) is 54.9 Å². The van der Waals surface area contributed by atoms with Crippen LogP contribution in [0.25, 0.3) is 0 Å². The van der Waals surface area contributed by atoms with Crippen molar-refractivity contribution in [2.45, 2.75) is 52.3 Å². The third kappa shape index (κ3) is 5.70. The van der Waals surface area contributed by atoms with Gasteiger partial charge in [-0.2, -0.15) is 0 Å². The SMILES string of the molecule is CC(C)NC(=O)c1cnc(Nc2ccc3c(c2)CNCC3)cc1Nc1cccc(C(C)(C)O)n1. The summed E-state index contributed by atoms with van der Waals surface area (Å²) in [5, 5.41) is 23.2. The van der Waals surface area contributed by atoms with Gasteiger partial charge in [-0.1, -0.05) is 12.1 Å². The quantitative estimate of drug-likeness (QED) is 0.363. The number of aliphatic hydroxyl groups is 1. The van der Waals surface area contributed by atoms with Crippen molar-refractivity contribution >= 4 is 28.9 Å². The predicted molar refractivity (Wildman–Crippen MR) is 135 cm³/mol. The number of amides is 1. The average Bonchev–Trinajstić information content (AvgIpc) is 2.78. The second-order valence-corrected chi connectivity index (χ2v) is 9.37. The summed E-state index contributed by atoms with van der Waals surface area (Å²) in [4.78, 5) is 21.9. The minimum absolute atomic E-state index is 0.0149. The van der Waals surface area contributed by atoms with Crippen molar-refractivity contribution in [3.63, 3.8) is 0 Å². The number of nitrogens with zero attached hydrogens (tertiary/aromatic N) is 2. The number of hydrogen-bond acceptors (Lipinski definition) is 7. The van der Waals surface area contributed by atoms with E-state index >= 15 is 0 Å². The van der Waals surface area contributed by atoms with E-state index < -0.39 is 5.60 Å². The Morgan fingerprint density at radius 3 is 2.68 bits per heavy atom. The van der Waals surface area contributed by atoms with Crippen molar-refractivity contribution in [3.8, 4) is 0 Å². The first-order chi connectivity index (χ1) is 16.2. The molecule has 0 fully saturated rings. The van der Waals surface area contributed by atoms with Crippen LogP contribution >= 0.6 is 0 Å². The molecule has 4 rings (SSSR count). The number of hydrogen-bond donors (Lipinski definition) is 5. The summed E-state index contributed by atoms with van der Waals surface area (Å²) in [6.45, 7) is 9.04. The Bertz CT molecular complexity index is 1190. The van der Waals surface area contributed by atoms with Crippen LogP contribution < -0.4 is 21.3 Å². The van der Waals surface area contributed by atoms with Crippen molar-refractivity contribution in [2.24, 2.45) is 0 Å². The summed E-state index contributed by atoms with van der Waals surface area (Å²) >= 11 is 0. The minimum Gasteiger partial charge on any atom is -0.384 e. The van der Waals surface area contributed by atoms with E-state index in [4.69, 9.17) is 0 Å². The molecule has 8 heteroatoms. The van der Waals surface area contributed by atoms with E-state index in [-0.39, 0.29) is 11.9 Å². The summed E-state index contributed by atoms with van der Waals surface area (Å²) in [5.74, 6) is 0.899. The van der Waals surface area contributed by atoms with Crippen molar-refractivity contribution in [1.82, 2.24) is 20.6 Å². The second kappa shape index (κ2) is 9.79. The normalized spacial score (nSPS) is 13.4. The first-order valence-corrected chi connectivity index (χ1v) is 11.6. The Hall–Kier alpha value is -3.49. The number of pyridine rings is 2. The van der Waals surface area contributed by atoms with Gasteiger partial charge in [-0.3, -0.25) is 4.79 Å². The zero-order valence-corrected chi connectivity index (χ0v) is 20.1. The molecule has 8 nitrogen and oxygen atoms in total. The molecule has 0 unspecified atom stereocenters. The van der Waals surface area contributed by atoms with Gasteiger partial charge in [0, 0.05) is 30.5 Å². The third-order valence-electron chi connectivity index (χ3n) is 5.57. The highest BCUT2D eigenvalue weighted by Crippen LogP contribution is 2.27. The molecule has 1 amide bonds. The van der Waals surface area contributed by atoms with E-state index in [2.05, 4.69) is 43.4 Å². The number of carbonyl (C=O) groups excluding carboxylic acids is 1. The molecule has 0 bridgehead atoms. The minimum atomic E-state index is -1.08. The molecule has 34 heavy (non-hydrogen) atoms. The number of anilines is 4. The molecule has 5 N–H and O–H groups in total. The lowest BCUT2D eigenvalue weighted by Crippen LogP contribution is -2.30. The van der Waals surface area contributed by atoms with Gasteiger partial charge in [0.2, 0.25) is 0 Å². The highest BCUT2D eigenvalue weighted by atomic mass is 16.3. The molecule has 178 valence electrons. The lowest BCUT2D eigenvalue weighted by atomic mass is 10.0. The summed E-state index contributed by atoms with van der Waals surface area (Å²) in [6, 6.07) is 13.5. The number of carbonyl (C=O) groups is 1. The molecule has 1 aliphatic rings. The Morgan fingerprint density at radius 1 is 1.09 bits per heavy atom. The molecule has 0 saturated carbocycles. The zero-order chi connectivity index (χ0) is 24.3. The van der Waals surface area contributed by atoms with Crippen molar-refractivity contribution in [1.29, 1.82) is 0 Å². The monoisotopic (exact) mass is 460 g/mol. The summed E-state index contributed by atoms with van der Waals surface area (Å²) in [5.41, 5.74) is 3.98. The summed E-state index contributed by atoms with van der Waals surface area (Å²) in [7, 11) is 0. The van der Waals surface area contributed by atoms with Gasteiger partial charge in [0.1, 0.15) is 17.2 Å². The Balaban J connectivity index is 1.65. The van der Waals surface area contributed by atoms with Crippen molar-refractivity contribution in [2.75, 3.05) is 17.2 Å². The molecule has 0 aliphatic carbocycles. The van der Waals surface area contributed by atoms with Gasteiger partial charge < -0.3 is 26.4 Å². The van der Waals surface area contributed by atoms with Crippen LogP contribution in [0.2, 0.25) is 0 Å². The zero-order valence-electron chi connectivity index (χ0n) is 20.1. The topological polar surface area (TPSA) is 111 Å². The number of rotatable bonds is 7. The van der Waals surface area contributed by atoms with E-state index in [1.54, 1.807) is 38.2 Å². The Kier molecular flexibility index (Phi) is 6.81. The maximum atomic E-state index is 12.8. The molecule has 0 spiro atoms. The van der Waals surface area contributed by atoms with Gasteiger partial charge in [-0.15, -0.1) is 0 Å². The molecule has 0 saturated heterocycles. The van der Waals surface area contributed by atoms with E-state index in [0.717, 1.165) is 25.2 Å². The van der Waals surface area contributed by atoms with E-state index in [1.165, 1.54) is 11.1 Å². The van der Waals surface area contributed by atoms with Gasteiger partial charge in [0.15, 0.2) is 0 Å². The fourth-order valence-electron chi connectivity index (χ4n) is 3.84. The lowest BCUT2D eigenvalue weighted by molar-refractivity contribution is 0.0740. The first kappa shape index (κ1) is 23.7. The largest absolute Gasteiger partial charge is 0.384 e. The molecule has 2 aromatic heterocycles. The number of fused-ring (bicyclic) bond motifs is 1. The standard InChI is InChI=1S/C26H32N6O2/c1-16(2)29-25(33)20-15-28-24(30-19-9-8-17-10-11-27-14-18(17)12-19)13-21(20)31-23-7-5-6-22(32-23)26(3,4)34/h5-9,12-13,15-16,27,34H,10-11,14H2,1-4H3,(H,29,33)(H2,28,30,31,32). The Labute approximate surface area is 200 Å². The molecule has 1 aliphatic heterocycles. The number of nitrogens with one attached hydrogen (secondary N) is 4. The van der Waals surface area contributed by atoms with Crippen LogP contribution in [0.15, 0.2) is 48.7 Å². The maximum absolute atomic E-state index is 12.8. The fourth-order valence-corrected chi connectivity index (χ4v) is 3.84. The van der Waals surface area contributed by atoms with Crippen LogP contribution in [0.5, 0.6) is 0 Å². The smallest absolute Gasteiger partial charge is 0.255 e. The lowest BCUT2D eigenvalue weighted by Gasteiger charge is -2.19. The third-order valence-corrected chi connectivity index (χ3v) is 5.57. The molecule has 0 atom stereocenters. The molecule has 3 heterocycles. The number of aromatic nitrogens is 2. The second-order valence-electron chi connectivity index (χ2n) is 9.37. The maximum Gasteiger partial charge on any atom is 0.255 e. The average molecular weight is 461 g/mol. The highest BCUT2D eigenvalue weighted by molar-refractivity contribution is 6.00. The van der Waals surface area contributed by atoms with Gasteiger partial charge in [0.05, 0.1) is 16.9 Å². The van der Waals surface area contributed by atoms with E-state index in [1.807, 2.05) is 26.0 Å². The van der Waals surface area contributed by atoms with Gasteiger partial charge in [0.25, 0.3) is 5.91 Å². The molecule has 3 aromatic rings. The van der Waals surface area contributed by atoms with Gasteiger partial charge >= 0.3 is 0 Å². The summed E-state index contributed by atoms with van der Waals surface area (Å²) < 4.78 is 0.